The van der Waals surface area contributed by atoms with Crippen molar-refractivity contribution in [3.63, 3.8) is 0 Å². The van der Waals surface area contributed by atoms with Crippen LogP contribution in [0.5, 0.6) is 0 Å². The van der Waals surface area contributed by atoms with Gasteiger partial charge in [0.15, 0.2) is 0 Å². The van der Waals surface area contributed by atoms with Crippen LogP contribution >= 0.6 is 0 Å². The minimum atomic E-state index is -0.295. The number of aromatic amines is 2. The fraction of sp³-hybridized carbons (Fsp3) is 0.200. The predicted octanol–water partition coefficient (Wildman–Crippen LogP) is 5.41. The van der Waals surface area contributed by atoms with Gasteiger partial charge in [-0.25, -0.2) is 9.37 Å². The molecule has 40 heavy (non-hydrogen) atoms. The molecule has 0 spiro atoms. The third-order valence-corrected chi connectivity index (χ3v) is 6.87. The Labute approximate surface area is 231 Å². The Morgan fingerprint density at radius 1 is 0.900 bits per heavy atom. The molecule has 0 aliphatic carbocycles. The zero-order valence-corrected chi connectivity index (χ0v) is 22.8. The highest BCUT2D eigenvalue weighted by atomic mass is 19.1. The highest BCUT2D eigenvalue weighted by molar-refractivity contribution is 6.00. The third-order valence-electron chi connectivity index (χ3n) is 6.87. The Balaban J connectivity index is 1.39. The molecule has 0 radical (unpaired) electrons. The van der Waals surface area contributed by atoms with Crippen LogP contribution in [0.25, 0.3) is 55.7 Å². The van der Waals surface area contributed by atoms with E-state index in [-0.39, 0.29) is 5.82 Å². The van der Waals surface area contributed by atoms with Crippen molar-refractivity contribution >= 4 is 33.3 Å². The van der Waals surface area contributed by atoms with Crippen LogP contribution in [0.1, 0.15) is 0 Å². The highest BCUT2D eigenvalue weighted by Crippen LogP contribution is 2.35. The molecule has 0 bridgehead atoms. The number of halogens is 1. The molecular formula is C30H30FN9. The van der Waals surface area contributed by atoms with Crippen LogP contribution in [-0.4, -0.2) is 76.3 Å². The zero-order valence-electron chi connectivity index (χ0n) is 22.8. The molecule has 0 fully saturated rings. The average molecular weight is 536 g/mol. The van der Waals surface area contributed by atoms with E-state index in [4.69, 9.17) is 0 Å². The van der Waals surface area contributed by atoms with Gasteiger partial charge in [0.05, 0.1) is 35.0 Å². The number of fused-ring (bicyclic) bond motifs is 2. The maximum Gasteiger partial charge on any atom is 0.138 e. The molecule has 6 rings (SSSR count). The largest absolute Gasteiger partial charge is 0.384 e. The maximum absolute atomic E-state index is 14.6. The highest BCUT2D eigenvalue weighted by Gasteiger charge is 2.16. The molecule has 0 atom stereocenters. The van der Waals surface area contributed by atoms with Crippen molar-refractivity contribution in [2.24, 2.45) is 0 Å². The van der Waals surface area contributed by atoms with Gasteiger partial charge in [-0.2, -0.15) is 5.10 Å². The van der Waals surface area contributed by atoms with E-state index in [1.54, 1.807) is 18.5 Å². The molecule has 202 valence electrons. The molecule has 5 aromatic heterocycles. The van der Waals surface area contributed by atoms with Crippen LogP contribution in [0, 0.1) is 5.82 Å². The molecule has 10 heteroatoms. The number of H-pyrrole nitrogens is 2. The summed E-state index contributed by atoms with van der Waals surface area (Å²) in [7, 11) is 7.98. The lowest BCUT2D eigenvalue weighted by Gasteiger charge is -2.13. The maximum atomic E-state index is 14.6. The van der Waals surface area contributed by atoms with E-state index < -0.39 is 0 Å². The Morgan fingerprint density at radius 3 is 2.60 bits per heavy atom. The number of likely N-dealkylation sites (N-methyl/N-ethyl adjacent to an activating group) is 1. The number of hydrogen-bond donors (Lipinski definition) is 3. The van der Waals surface area contributed by atoms with Gasteiger partial charge in [-0.1, -0.05) is 0 Å². The second-order valence-electron chi connectivity index (χ2n) is 10.3. The SMILES string of the molecule is CN(C)CCNc1cc(F)cc(-c2ccnc3[nH]c(-c4n[nH]c5cnc(-c6cncc(N(C)C)c6)cc45)cc23)c1. The van der Waals surface area contributed by atoms with Gasteiger partial charge in [-0.15, -0.1) is 0 Å². The van der Waals surface area contributed by atoms with Gasteiger partial charge >= 0.3 is 0 Å². The Morgan fingerprint density at radius 2 is 1.77 bits per heavy atom. The lowest BCUT2D eigenvalue weighted by molar-refractivity contribution is 0.425. The average Bonchev–Trinajstić information content (AvgIpc) is 3.56. The molecule has 0 aliphatic rings. The summed E-state index contributed by atoms with van der Waals surface area (Å²) in [4.78, 5) is 21.1. The normalized spacial score (nSPS) is 11.6. The van der Waals surface area contributed by atoms with Crippen LogP contribution in [0.4, 0.5) is 15.8 Å². The van der Waals surface area contributed by atoms with Crippen LogP contribution in [0.3, 0.4) is 0 Å². The van der Waals surface area contributed by atoms with Crippen molar-refractivity contribution in [2.45, 2.75) is 0 Å². The van der Waals surface area contributed by atoms with Gasteiger partial charge in [0, 0.05) is 61.6 Å². The van der Waals surface area contributed by atoms with E-state index in [2.05, 4.69) is 46.4 Å². The van der Waals surface area contributed by atoms with Gasteiger partial charge in [-0.05, 0) is 67.7 Å². The smallest absolute Gasteiger partial charge is 0.138 e. The van der Waals surface area contributed by atoms with Crippen molar-refractivity contribution in [1.29, 1.82) is 0 Å². The number of hydrogen-bond acceptors (Lipinski definition) is 7. The Bertz CT molecular complexity index is 1820. The second kappa shape index (κ2) is 10.4. The minimum absolute atomic E-state index is 0.295. The molecule has 3 N–H and O–H groups in total. The summed E-state index contributed by atoms with van der Waals surface area (Å²) >= 11 is 0. The lowest BCUT2D eigenvalue weighted by Crippen LogP contribution is -2.20. The monoisotopic (exact) mass is 535 g/mol. The molecule has 9 nitrogen and oxygen atoms in total. The summed E-state index contributed by atoms with van der Waals surface area (Å²) in [5.41, 5.74) is 8.20. The summed E-state index contributed by atoms with van der Waals surface area (Å²) < 4.78 is 14.6. The summed E-state index contributed by atoms with van der Waals surface area (Å²) in [5.74, 6) is -0.295. The van der Waals surface area contributed by atoms with E-state index >= 15 is 0 Å². The summed E-state index contributed by atoms with van der Waals surface area (Å²) in [5, 5.41) is 12.8. The van der Waals surface area contributed by atoms with Gasteiger partial charge in [0.2, 0.25) is 0 Å². The summed E-state index contributed by atoms with van der Waals surface area (Å²) in [6, 6.07) is 13.0. The summed E-state index contributed by atoms with van der Waals surface area (Å²) in [6.07, 6.45) is 7.15. The standard InChI is InChI=1S/C30H30FN9/c1-39(2)8-7-33-21-10-18(9-20(31)12-21)23-5-6-34-30-24(23)13-27(36-30)29-25-14-26(35-17-28(25)37-38-29)19-11-22(40(3)4)16-32-15-19/h5-6,9-17,33H,7-8H2,1-4H3,(H,34,36)(H,37,38). The van der Waals surface area contributed by atoms with Crippen molar-refractivity contribution in [2.75, 3.05) is 51.5 Å². The molecule has 1 aromatic carbocycles. The number of rotatable bonds is 8. The molecule has 6 aromatic rings. The molecule has 0 saturated heterocycles. The third kappa shape index (κ3) is 4.96. The van der Waals surface area contributed by atoms with Crippen LogP contribution in [-0.2, 0) is 0 Å². The van der Waals surface area contributed by atoms with E-state index in [9.17, 15) is 4.39 Å². The summed E-state index contributed by atoms with van der Waals surface area (Å²) in [6.45, 7) is 1.56. The first-order chi connectivity index (χ1) is 19.4. The molecule has 5 heterocycles. The van der Waals surface area contributed by atoms with Gasteiger partial charge < -0.3 is 20.1 Å². The molecule has 0 unspecified atom stereocenters. The molecule has 0 saturated carbocycles. The number of anilines is 2. The number of aromatic nitrogens is 6. The van der Waals surface area contributed by atoms with Crippen LogP contribution in [0.15, 0.2) is 67.3 Å². The topological polar surface area (TPSA) is 102 Å². The Hall–Kier alpha value is -4.83. The zero-order chi connectivity index (χ0) is 27.8. The van der Waals surface area contributed by atoms with E-state index in [1.807, 2.05) is 69.7 Å². The first-order valence-electron chi connectivity index (χ1n) is 13.0. The van der Waals surface area contributed by atoms with Gasteiger partial charge in [-0.3, -0.25) is 15.1 Å². The minimum Gasteiger partial charge on any atom is -0.384 e. The number of benzene rings is 1. The van der Waals surface area contributed by atoms with Crippen LogP contribution < -0.4 is 10.2 Å². The van der Waals surface area contributed by atoms with Crippen molar-refractivity contribution in [3.05, 3.63) is 73.1 Å². The number of nitrogens with one attached hydrogen (secondary N) is 3. The van der Waals surface area contributed by atoms with Crippen molar-refractivity contribution < 1.29 is 4.39 Å². The van der Waals surface area contributed by atoms with Crippen molar-refractivity contribution in [1.82, 2.24) is 35.0 Å². The lowest BCUT2D eigenvalue weighted by atomic mass is 10.0. The Kier molecular flexibility index (Phi) is 6.61. The number of nitrogens with zero attached hydrogens (tertiary/aromatic N) is 6. The van der Waals surface area contributed by atoms with E-state index in [0.29, 0.717) is 12.2 Å². The molecule has 0 aliphatic heterocycles. The van der Waals surface area contributed by atoms with Gasteiger partial charge in [0.25, 0.3) is 0 Å². The molecule has 0 amide bonds. The van der Waals surface area contributed by atoms with Gasteiger partial charge in [0.1, 0.15) is 17.2 Å². The predicted molar refractivity (Wildman–Crippen MR) is 159 cm³/mol. The van der Waals surface area contributed by atoms with Crippen molar-refractivity contribution in [3.8, 4) is 33.8 Å². The quantitative estimate of drug-likeness (QED) is 0.240. The first kappa shape index (κ1) is 25.4. The first-order valence-corrected chi connectivity index (χ1v) is 13.0. The number of pyridine rings is 3. The fourth-order valence-electron chi connectivity index (χ4n) is 4.77. The fourth-order valence-corrected chi connectivity index (χ4v) is 4.77. The molecular weight excluding hydrogens is 505 g/mol. The van der Waals surface area contributed by atoms with Crippen LogP contribution in [0.2, 0.25) is 0 Å². The van der Waals surface area contributed by atoms with E-state index in [1.165, 1.54) is 6.07 Å². The van der Waals surface area contributed by atoms with E-state index in [0.717, 1.165) is 68.0 Å². The second-order valence-corrected chi connectivity index (χ2v) is 10.3.